The van der Waals surface area contributed by atoms with Crippen LogP contribution in [0.25, 0.3) is 22.1 Å². The molecule has 28 nitrogen and oxygen atoms in total. The fraction of sp³-hybridized carbons (Fsp3) is 0.803. The maximum atomic E-state index is 13.7. The number of rotatable bonds is 22. The summed E-state index contributed by atoms with van der Waals surface area (Å²) in [5.41, 5.74) is -0.784. The number of fused-ring (bicyclic) bond motifs is 4. The molecule has 0 spiro atoms. The van der Waals surface area contributed by atoms with Gasteiger partial charge < -0.3 is 76.6 Å². The van der Waals surface area contributed by atoms with Gasteiger partial charge in [0.05, 0.1) is 62.8 Å². The van der Waals surface area contributed by atoms with Crippen molar-refractivity contribution in [1.82, 2.24) is 39.5 Å². The monoisotopic (exact) mass is 1420 g/mol. The highest BCUT2D eigenvalue weighted by atomic mass is 35.5. The molecule has 4 aliphatic heterocycles. The van der Waals surface area contributed by atoms with Gasteiger partial charge in [-0.1, -0.05) is 45.3 Å². The van der Waals surface area contributed by atoms with Crippen molar-refractivity contribution in [3.05, 3.63) is 23.0 Å². The first-order valence-corrected chi connectivity index (χ1v) is 42.0. The summed E-state index contributed by atoms with van der Waals surface area (Å²) in [4.78, 5) is 48.3. The van der Waals surface area contributed by atoms with Crippen LogP contribution in [0.4, 0.5) is 21.2 Å². The van der Waals surface area contributed by atoms with Crippen molar-refractivity contribution in [3.63, 3.8) is 0 Å². The molecule has 1 unspecified atom stereocenters. The highest BCUT2D eigenvalue weighted by Gasteiger charge is 2.60. The number of carbonyl (C=O) groups excluding carboxylic acids is 2. The minimum Gasteiger partial charge on any atom is -0.443 e. The van der Waals surface area contributed by atoms with E-state index < -0.39 is 137 Å². The predicted molar refractivity (Wildman–Crippen MR) is 355 cm³/mol. The van der Waals surface area contributed by atoms with Gasteiger partial charge in [-0.15, -0.1) is 0 Å². The normalized spacial score (nSPS) is 25.8. The van der Waals surface area contributed by atoms with E-state index in [1.165, 1.54) is 18.0 Å². The Morgan fingerprint density at radius 3 is 1.32 bits per heavy atom. The van der Waals surface area contributed by atoms with Crippen LogP contribution < -0.4 is 9.80 Å². The van der Waals surface area contributed by atoms with Crippen molar-refractivity contribution in [2.45, 2.75) is 241 Å². The highest BCUT2D eigenvalue weighted by molar-refractivity contribution is 7.64. The lowest BCUT2D eigenvalue weighted by Gasteiger charge is -2.36. The minimum atomic E-state index is -3.11. The summed E-state index contributed by atoms with van der Waals surface area (Å²) in [6.07, 6.45) is 3.53. The summed E-state index contributed by atoms with van der Waals surface area (Å²) >= 11 is 13.0. The van der Waals surface area contributed by atoms with Gasteiger partial charge in [0, 0.05) is 26.8 Å². The SMILES string of the molecule is CC(C)(C)OC(=O)N(c1nc(Cl)nc2c1cnn2[C@@H]1O[C@H](COC(CO)(CO)P(C)(C)=O)[C@H]2OC(C)(C)O[C@H]21)C1CCCC1.CC(C)(C)OC(=O)N(c1nc(Cl)nc2c1cnn2[C@@H]1O[C@H](COC(CO)(COCC[Si](C)(C)C)P(C)(C)=O)[C@H]2OC(C)(C)O[C@H]21)C1CCCC1. The number of anilines is 2. The van der Waals surface area contributed by atoms with Crippen LogP contribution in [-0.2, 0) is 61.2 Å². The van der Waals surface area contributed by atoms with E-state index in [0.717, 1.165) is 57.4 Å². The lowest BCUT2D eigenvalue weighted by Crippen LogP contribution is -2.45. The van der Waals surface area contributed by atoms with Crippen molar-refractivity contribution in [2.75, 3.05) is 82.7 Å². The summed E-state index contributed by atoms with van der Waals surface area (Å²) in [6.45, 7) is 29.4. The minimum absolute atomic E-state index is 0.0253. The average Bonchev–Trinajstić information content (AvgIpc) is 1.58. The maximum absolute atomic E-state index is 13.7. The first kappa shape index (κ1) is 74.6. The van der Waals surface area contributed by atoms with E-state index in [1.807, 2.05) is 55.4 Å². The Bertz CT molecular complexity index is 3430. The topological polar surface area (TPSA) is 324 Å². The van der Waals surface area contributed by atoms with Crippen LogP contribution in [0.2, 0.25) is 36.3 Å². The molecule has 4 saturated heterocycles. The average molecular weight is 1420 g/mol. The van der Waals surface area contributed by atoms with Crippen molar-refractivity contribution in [2.24, 2.45) is 0 Å². The lowest BCUT2D eigenvalue weighted by atomic mass is 10.1. The molecule has 0 aromatic carbocycles. The van der Waals surface area contributed by atoms with Crippen molar-refractivity contribution in [3.8, 4) is 0 Å². The Labute approximate surface area is 561 Å². The van der Waals surface area contributed by atoms with Gasteiger partial charge in [0.15, 0.2) is 57.6 Å². The van der Waals surface area contributed by atoms with E-state index in [2.05, 4.69) is 49.8 Å². The van der Waals surface area contributed by atoms with E-state index in [4.69, 9.17) is 75.3 Å². The molecule has 6 fully saturated rings. The van der Waals surface area contributed by atoms with Crippen LogP contribution in [0.5, 0.6) is 0 Å². The zero-order valence-corrected chi connectivity index (χ0v) is 61.6. The Balaban J connectivity index is 0.000000223. The Kier molecular flexibility index (Phi) is 22.4. The summed E-state index contributed by atoms with van der Waals surface area (Å²) in [7, 11) is -7.52. The number of carbonyl (C=O) groups is 2. The highest BCUT2D eigenvalue weighted by Crippen LogP contribution is 2.55. The molecule has 9 atom stereocenters. The molecule has 4 aromatic heterocycles. The number of hydrogen-bond donors (Lipinski definition) is 3. The van der Waals surface area contributed by atoms with Gasteiger partial charge in [-0.2, -0.15) is 30.1 Å². The number of hydrogen-bond acceptors (Lipinski definition) is 24. The first-order chi connectivity index (χ1) is 43.6. The summed E-state index contributed by atoms with van der Waals surface area (Å²) in [5, 5.41) is 37.6. The number of ether oxygens (including phenoxy) is 11. The summed E-state index contributed by atoms with van der Waals surface area (Å²) in [6, 6.07) is 0.671. The molecule has 3 N–H and O–H groups in total. The smallest absolute Gasteiger partial charge is 0.416 e. The molecule has 10 rings (SSSR count). The molecule has 94 heavy (non-hydrogen) atoms. The lowest BCUT2D eigenvalue weighted by molar-refractivity contribution is -0.208. The molecule has 2 aliphatic carbocycles. The maximum Gasteiger partial charge on any atom is 0.416 e. The molecule has 2 saturated carbocycles. The zero-order chi connectivity index (χ0) is 69.1. The van der Waals surface area contributed by atoms with Gasteiger partial charge in [-0.05, 0) is 151 Å². The standard InChI is InChI=1S/C33H55ClN5O9PSi.C28H43ClN5O9P/c1-31(2,3)48-30(41)38(21-13-11-12-14-21)26-22-17-35-39(27(22)37-29(34)36-26)28-25-24(46-32(4,5)47-25)23(45-28)18-44-33(19-40,49(6,7)42)20-43-15-16-50(8,9)10;1-26(2,3)43-25(37)33(16-10-8-9-11-16)21-17-12-30-34(22(17)32-24(29)31-21)23-20-19(41-27(4,5)42-20)18(40-23)13-39-28(14-35,15-36)44(6,7)38/h17,21,23-25,28,40H,11-16,18-20H2,1-10H3;12,16,18-20,23,35-36H,8-11,13-15H2,1-7H3/t23-,24-,25-,28-,33?;18-,19-,20-,23-/m11/s1. The molecule has 4 aromatic rings. The van der Waals surface area contributed by atoms with Gasteiger partial charge in [0.1, 0.15) is 62.1 Å². The van der Waals surface area contributed by atoms with Gasteiger partial charge in [0.2, 0.25) is 10.6 Å². The second kappa shape index (κ2) is 28.2. The molecule has 8 heterocycles. The fourth-order valence-corrected chi connectivity index (χ4v) is 15.9. The number of nitrogens with zero attached hydrogens (tertiary/aromatic N) is 10. The van der Waals surface area contributed by atoms with E-state index in [-0.39, 0.29) is 42.5 Å². The van der Waals surface area contributed by atoms with Crippen molar-refractivity contribution >= 4 is 91.4 Å². The second-order valence-electron chi connectivity index (χ2n) is 30.2. The summed E-state index contributed by atoms with van der Waals surface area (Å²) < 4.78 is 97.6. The van der Waals surface area contributed by atoms with Gasteiger partial charge in [-0.3, -0.25) is 9.80 Å². The molecule has 0 bridgehead atoms. The van der Waals surface area contributed by atoms with Crippen LogP contribution in [0, 0.1) is 0 Å². The quantitative estimate of drug-likeness (QED) is 0.0285. The molecule has 6 aliphatic rings. The number of aliphatic hydroxyl groups is 3. The van der Waals surface area contributed by atoms with Crippen molar-refractivity contribution in [1.29, 1.82) is 0 Å². The van der Waals surface area contributed by atoms with E-state index >= 15 is 0 Å². The molecular formula is C61H98Cl2N10O18P2Si. The van der Waals surface area contributed by atoms with E-state index in [1.54, 1.807) is 54.1 Å². The largest absolute Gasteiger partial charge is 0.443 e. The third kappa shape index (κ3) is 16.5. The third-order valence-corrected chi connectivity index (χ3v) is 24.4. The van der Waals surface area contributed by atoms with Crippen LogP contribution >= 0.6 is 37.5 Å². The molecule has 33 heteroatoms. The first-order valence-electron chi connectivity index (χ1n) is 32.3. The van der Waals surface area contributed by atoms with E-state index in [9.17, 15) is 34.0 Å². The van der Waals surface area contributed by atoms with Crippen LogP contribution in [0.15, 0.2) is 12.4 Å². The predicted octanol–water partition coefficient (Wildman–Crippen LogP) is 10.2. The summed E-state index contributed by atoms with van der Waals surface area (Å²) in [5.74, 6) is -1.31. The van der Waals surface area contributed by atoms with Gasteiger partial charge in [-0.25, -0.2) is 19.0 Å². The Morgan fingerprint density at radius 2 is 0.979 bits per heavy atom. The number of amides is 2. The van der Waals surface area contributed by atoms with Gasteiger partial charge >= 0.3 is 12.2 Å². The van der Waals surface area contributed by atoms with Gasteiger partial charge in [0.25, 0.3) is 0 Å². The van der Waals surface area contributed by atoms with Crippen LogP contribution in [-0.4, -0.2) is 230 Å². The third-order valence-electron chi connectivity index (χ3n) is 17.6. The number of halogens is 2. The number of aromatic nitrogens is 8. The molecule has 528 valence electrons. The van der Waals surface area contributed by atoms with Crippen molar-refractivity contribution < 1.29 is 86.1 Å². The molecule has 2 amide bonds. The zero-order valence-electron chi connectivity index (χ0n) is 57.3. The van der Waals surface area contributed by atoms with Crippen LogP contribution in [0.1, 0.15) is 133 Å². The molecule has 0 radical (unpaired) electrons. The Morgan fingerprint density at radius 1 is 0.617 bits per heavy atom. The second-order valence-corrected chi connectivity index (χ2v) is 43.5. The van der Waals surface area contributed by atoms with E-state index in [0.29, 0.717) is 40.3 Å². The number of aliphatic hydroxyl groups excluding tert-OH is 3. The van der Waals surface area contributed by atoms with Crippen LogP contribution in [0.3, 0.4) is 0 Å². The molecular weight excluding hydrogens is 1320 g/mol. The fourth-order valence-electron chi connectivity index (χ4n) is 12.6. The Hall–Kier alpha value is -3.58.